The highest BCUT2D eigenvalue weighted by Gasteiger charge is 3.17. The summed E-state index contributed by atoms with van der Waals surface area (Å²) >= 11 is 0. The van der Waals surface area contributed by atoms with Crippen LogP contribution in [0.5, 0.6) is 0 Å². The third-order valence-electron chi connectivity index (χ3n) is 13.3. The van der Waals surface area contributed by atoms with Gasteiger partial charge in [0.1, 0.15) is 0 Å². The normalized spacial score (nSPS) is 82.1. The minimum absolute atomic E-state index is 0.599. The number of hydrogen-bond acceptors (Lipinski definition) is 0. The van der Waals surface area contributed by atoms with Gasteiger partial charge in [0, 0.05) is 0 Å². The van der Waals surface area contributed by atoms with Crippen LogP contribution in [0.25, 0.3) is 0 Å². The first-order valence-corrected chi connectivity index (χ1v) is 10.3. The van der Waals surface area contributed by atoms with Crippen molar-refractivity contribution in [1.82, 2.24) is 0 Å². The van der Waals surface area contributed by atoms with Crippen LogP contribution >= 0.6 is 0 Å². The molecule has 0 radical (unpaired) electrons. The minimum atomic E-state index is 0.599. The number of hydrogen-bond donors (Lipinski definition) is 0. The lowest BCUT2D eigenvalue weighted by Gasteiger charge is -3.17. The summed E-state index contributed by atoms with van der Waals surface area (Å²) in [5, 5.41) is 0. The second kappa shape index (κ2) is 2.50. The fourth-order valence-corrected chi connectivity index (χ4v) is 13.9. The van der Waals surface area contributed by atoms with Crippen LogP contribution in [0.15, 0.2) is 0 Å². The molecule has 3 spiro atoms. The van der Waals surface area contributed by atoms with Crippen LogP contribution in [0.1, 0.15) is 67.2 Å². The van der Waals surface area contributed by atoms with E-state index in [0.717, 1.165) is 39.9 Å². The quantitative estimate of drug-likeness (QED) is 0.609. The molecule has 0 aliphatic heterocycles. The summed E-state index contributed by atoms with van der Waals surface area (Å²) in [4.78, 5) is 0. The Morgan fingerprint density at radius 1 is 0.909 bits per heavy atom. The third kappa shape index (κ3) is 0.493. The lowest BCUT2D eigenvalue weighted by atomic mass is 8.86. The summed E-state index contributed by atoms with van der Waals surface area (Å²) in [5.74, 6) is 6.70. The van der Waals surface area contributed by atoms with Gasteiger partial charge in [0.15, 0.2) is 0 Å². The summed E-state index contributed by atoms with van der Waals surface area (Å²) in [7, 11) is 0. The Kier molecular flexibility index (Phi) is 1.40. The Hall–Kier alpha value is 0. The van der Waals surface area contributed by atoms with E-state index in [2.05, 4.69) is 41.5 Å². The van der Waals surface area contributed by atoms with E-state index in [-0.39, 0.29) is 0 Å². The third-order valence-corrected chi connectivity index (χ3v) is 13.3. The number of fused-ring (bicyclic) bond motifs is 3. The highest BCUT2D eigenvalue weighted by atomic mass is 15.2. The minimum Gasteiger partial charge on any atom is -0.0651 e. The first-order chi connectivity index (χ1) is 10.3. The second-order valence-electron chi connectivity index (χ2n) is 11.6. The molecule has 7 rings (SSSR count). The molecule has 7 aliphatic rings. The molecular formula is C22H32. The van der Waals surface area contributed by atoms with E-state index < -0.39 is 0 Å². The van der Waals surface area contributed by atoms with E-state index in [1.165, 1.54) is 18.3 Å². The predicted molar refractivity (Wildman–Crippen MR) is 88.1 cm³/mol. The lowest BCUT2D eigenvalue weighted by Crippen LogP contribution is -3.14. The van der Waals surface area contributed by atoms with E-state index in [1.54, 1.807) is 19.3 Å². The van der Waals surface area contributed by atoms with E-state index in [4.69, 9.17) is 0 Å². The van der Waals surface area contributed by atoms with E-state index in [0.29, 0.717) is 16.2 Å². The zero-order valence-corrected chi connectivity index (χ0v) is 15.3. The molecule has 0 bridgehead atoms. The van der Waals surface area contributed by atoms with Gasteiger partial charge in [-0.15, -0.1) is 0 Å². The molecule has 0 nitrogen and oxygen atoms in total. The molecule has 7 fully saturated rings. The molecule has 0 heterocycles. The van der Waals surface area contributed by atoms with Crippen molar-refractivity contribution in [1.29, 1.82) is 0 Å². The summed E-state index contributed by atoms with van der Waals surface area (Å²) < 4.78 is 0. The van der Waals surface area contributed by atoms with Crippen molar-refractivity contribution >= 4 is 0 Å². The highest BCUT2D eigenvalue weighted by molar-refractivity contribution is 5.63. The van der Waals surface area contributed by atoms with Crippen LogP contribution in [0.3, 0.4) is 0 Å². The Bertz CT molecular complexity index is 676. The van der Waals surface area contributed by atoms with Gasteiger partial charge < -0.3 is 0 Å². The van der Waals surface area contributed by atoms with E-state index >= 15 is 0 Å². The molecule has 11 unspecified atom stereocenters. The van der Waals surface area contributed by atoms with Gasteiger partial charge in [-0.2, -0.15) is 0 Å². The van der Waals surface area contributed by atoms with Crippen molar-refractivity contribution in [3.63, 3.8) is 0 Å². The second-order valence-corrected chi connectivity index (χ2v) is 11.6. The van der Waals surface area contributed by atoms with Crippen molar-refractivity contribution in [2.24, 2.45) is 68.0 Å². The molecular weight excluding hydrogens is 264 g/mol. The van der Waals surface area contributed by atoms with Gasteiger partial charge in [-0.05, 0) is 87.3 Å². The van der Waals surface area contributed by atoms with Gasteiger partial charge >= 0.3 is 0 Å². The van der Waals surface area contributed by atoms with E-state index in [9.17, 15) is 0 Å². The zero-order chi connectivity index (χ0) is 15.3. The molecule has 22 heavy (non-hydrogen) atoms. The van der Waals surface area contributed by atoms with Crippen LogP contribution in [-0.2, 0) is 0 Å². The average molecular weight is 296 g/mol. The monoisotopic (exact) mass is 296 g/mol. The van der Waals surface area contributed by atoms with Gasteiger partial charge in [-0.25, -0.2) is 0 Å². The number of rotatable bonds is 1. The van der Waals surface area contributed by atoms with Crippen LogP contribution in [0, 0.1) is 68.0 Å². The maximum absolute atomic E-state index is 2.79. The van der Waals surface area contributed by atoms with Gasteiger partial charge in [-0.1, -0.05) is 48.0 Å². The van der Waals surface area contributed by atoms with Gasteiger partial charge in [0.25, 0.3) is 0 Å². The predicted octanol–water partition coefficient (Wildman–Crippen LogP) is 5.38. The molecule has 0 aromatic heterocycles. The lowest BCUT2D eigenvalue weighted by molar-refractivity contribution is -0.715. The summed E-state index contributed by atoms with van der Waals surface area (Å²) in [5.41, 5.74) is 4.42. The Morgan fingerprint density at radius 2 is 1.59 bits per heavy atom. The molecule has 7 aliphatic carbocycles. The zero-order valence-electron chi connectivity index (χ0n) is 15.3. The average Bonchev–Trinajstić information content (AvgIpc) is 2.65. The molecule has 120 valence electrons. The van der Waals surface area contributed by atoms with Crippen LogP contribution < -0.4 is 0 Å². The summed E-state index contributed by atoms with van der Waals surface area (Å²) in [6.45, 7) is 16.1. The largest absolute Gasteiger partial charge is 0.0651 e. The van der Waals surface area contributed by atoms with Crippen molar-refractivity contribution in [3.05, 3.63) is 0 Å². The Labute approximate surface area is 135 Å². The van der Waals surface area contributed by atoms with Crippen LogP contribution in [0.4, 0.5) is 0 Å². The molecule has 11 atom stereocenters. The van der Waals surface area contributed by atoms with Crippen LogP contribution in [-0.4, -0.2) is 0 Å². The first kappa shape index (κ1) is 12.4. The molecule has 7 saturated carbocycles. The van der Waals surface area contributed by atoms with Gasteiger partial charge in [0.05, 0.1) is 0 Å². The maximum Gasteiger partial charge on any atom is -0.00643 e. The topological polar surface area (TPSA) is 0 Å². The Balaban J connectivity index is 1.55. The van der Waals surface area contributed by atoms with Gasteiger partial charge in [0.2, 0.25) is 0 Å². The fraction of sp³-hybridized carbons (Fsp3) is 1.00. The van der Waals surface area contributed by atoms with Crippen molar-refractivity contribution in [3.8, 4) is 0 Å². The molecule has 0 amide bonds. The smallest absolute Gasteiger partial charge is 0.00643 e. The molecule has 0 saturated heterocycles. The highest BCUT2D eigenvalue weighted by Crippen LogP contribution is 3.20. The first-order valence-electron chi connectivity index (χ1n) is 10.3. The van der Waals surface area contributed by atoms with Crippen molar-refractivity contribution < 1.29 is 0 Å². The van der Waals surface area contributed by atoms with Crippen LogP contribution in [0.2, 0.25) is 0 Å². The summed E-state index contributed by atoms with van der Waals surface area (Å²) in [6.07, 6.45) is 6.26. The van der Waals surface area contributed by atoms with Crippen molar-refractivity contribution in [2.45, 2.75) is 67.2 Å². The van der Waals surface area contributed by atoms with Crippen molar-refractivity contribution in [2.75, 3.05) is 0 Å². The maximum atomic E-state index is 2.79. The summed E-state index contributed by atoms with van der Waals surface area (Å²) in [6, 6.07) is 0. The molecule has 0 aromatic carbocycles. The molecule has 0 heteroatoms. The fourth-order valence-electron chi connectivity index (χ4n) is 13.9. The van der Waals surface area contributed by atoms with Gasteiger partial charge in [-0.3, -0.25) is 0 Å². The SMILES string of the molecule is CCC1CC2CC3C4C5CC(C)C56C(C)(C)C5(C)C1(C)C23C465. The molecule has 0 aromatic rings. The Morgan fingerprint density at radius 3 is 2.23 bits per heavy atom. The standard InChI is InChI=1S/C22H32/c1-7-12-9-13-10-15-16-14-8-11(2)20(14)17(3,4)19(6)18(12,5)21(13,15)22(16,19)20/h11-16H,7-10H2,1-6H3. The molecule has 0 N–H and O–H groups in total. The van der Waals surface area contributed by atoms with E-state index in [1.807, 2.05) is 0 Å².